The van der Waals surface area contributed by atoms with Crippen LogP contribution in [0.4, 0.5) is 5.69 Å². The number of rotatable bonds is 4. The SMILES string of the molecule is C=Cc1ccc2c(c1C=C)-c1c(ccc(C=C)c1C=C)ON2. The summed E-state index contributed by atoms with van der Waals surface area (Å²) in [5.74, 6) is 0.761. The topological polar surface area (TPSA) is 21.3 Å². The van der Waals surface area contributed by atoms with Crippen LogP contribution in [0.3, 0.4) is 0 Å². The molecule has 0 aromatic heterocycles. The normalized spacial score (nSPS) is 11.3. The first-order valence-electron chi connectivity index (χ1n) is 7.02. The van der Waals surface area contributed by atoms with Crippen molar-refractivity contribution >= 4 is 30.0 Å². The van der Waals surface area contributed by atoms with Crippen LogP contribution in [0, 0.1) is 0 Å². The molecule has 0 spiro atoms. The first-order chi connectivity index (χ1) is 10.7. The van der Waals surface area contributed by atoms with Gasteiger partial charge in [-0.25, -0.2) is 5.48 Å². The van der Waals surface area contributed by atoms with E-state index in [-0.39, 0.29) is 0 Å². The maximum Gasteiger partial charge on any atom is 0.163 e. The van der Waals surface area contributed by atoms with Crippen molar-refractivity contribution < 1.29 is 4.84 Å². The molecule has 1 aliphatic heterocycles. The second kappa shape index (κ2) is 5.41. The smallest absolute Gasteiger partial charge is 0.163 e. The van der Waals surface area contributed by atoms with Gasteiger partial charge in [0.15, 0.2) is 5.75 Å². The van der Waals surface area contributed by atoms with Crippen molar-refractivity contribution in [2.75, 3.05) is 5.48 Å². The Morgan fingerprint density at radius 1 is 0.727 bits per heavy atom. The Labute approximate surface area is 130 Å². The summed E-state index contributed by atoms with van der Waals surface area (Å²) in [6.45, 7) is 15.7. The molecular weight excluding hydrogens is 270 g/mol. The minimum atomic E-state index is 0.761. The van der Waals surface area contributed by atoms with E-state index in [9.17, 15) is 0 Å². The molecule has 0 unspecified atom stereocenters. The van der Waals surface area contributed by atoms with Gasteiger partial charge in [0.05, 0.1) is 5.69 Å². The van der Waals surface area contributed by atoms with Crippen molar-refractivity contribution in [3.05, 3.63) is 72.8 Å². The van der Waals surface area contributed by atoms with E-state index in [2.05, 4.69) is 31.8 Å². The number of hydrogen-bond donors (Lipinski definition) is 1. The summed E-state index contributed by atoms with van der Waals surface area (Å²) in [5, 5.41) is 0. The van der Waals surface area contributed by atoms with Gasteiger partial charge >= 0.3 is 0 Å². The first kappa shape index (κ1) is 14.0. The maximum atomic E-state index is 5.67. The van der Waals surface area contributed by atoms with Gasteiger partial charge < -0.3 is 4.84 Å². The van der Waals surface area contributed by atoms with Gasteiger partial charge in [0.2, 0.25) is 0 Å². The third kappa shape index (κ3) is 1.89. The summed E-state index contributed by atoms with van der Waals surface area (Å²) in [6, 6.07) is 7.88. The highest BCUT2D eigenvalue weighted by atomic mass is 16.6. The monoisotopic (exact) mass is 287 g/mol. The molecule has 0 aliphatic carbocycles. The first-order valence-corrected chi connectivity index (χ1v) is 7.02. The molecule has 2 heteroatoms. The molecule has 0 fully saturated rings. The highest BCUT2D eigenvalue weighted by molar-refractivity contribution is 5.97. The molecule has 1 N–H and O–H groups in total. The quantitative estimate of drug-likeness (QED) is 0.785. The lowest BCUT2D eigenvalue weighted by atomic mass is 9.87. The van der Waals surface area contributed by atoms with E-state index in [1.807, 2.05) is 48.6 Å². The standard InChI is InChI=1S/C20H17NO/c1-5-13-9-11-17-19(15(13)7-3)20-16(8-4)14(6-2)10-12-18(20)22-21-17/h5-12,21H,1-4H2. The molecule has 0 atom stereocenters. The molecular formula is C20H17NO. The van der Waals surface area contributed by atoms with Gasteiger partial charge in [0.1, 0.15) is 0 Å². The van der Waals surface area contributed by atoms with Gasteiger partial charge in [-0.3, -0.25) is 0 Å². The van der Waals surface area contributed by atoms with Gasteiger partial charge in [-0.15, -0.1) is 0 Å². The highest BCUT2D eigenvalue weighted by Crippen LogP contribution is 2.46. The van der Waals surface area contributed by atoms with Gasteiger partial charge in [-0.2, -0.15) is 0 Å². The zero-order valence-corrected chi connectivity index (χ0v) is 12.4. The number of anilines is 1. The fourth-order valence-electron chi connectivity index (χ4n) is 2.85. The number of nitrogens with one attached hydrogen (secondary N) is 1. The molecule has 3 rings (SSSR count). The minimum Gasteiger partial charge on any atom is -0.381 e. The van der Waals surface area contributed by atoms with Crippen LogP contribution in [0.2, 0.25) is 0 Å². The summed E-state index contributed by atoms with van der Waals surface area (Å²) < 4.78 is 0. The third-order valence-corrected chi connectivity index (χ3v) is 3.89. The molecule has 0 amide bonds. The molecule has 22 heavy (non-hydrogen) atoms. The van der Waals surface area contributed by atoms with E-state index in [0.29, 0.717) is 0 Å². The molecule has 0 radical (unpaired) electrons. The summed E-state index contributed by atoms with van der Waals surface area (Å²) in [6.07, 6.45) is 7.34. The van der Waals surface area contributed by atoms with Gasteiger partial charge in [-0.05, 0) is 34.4 Å². The molecule has 2 aromatic rings. The van der Waals surface area contributed by atoms with Crippen LogP contribution in [0.5, 0.6) is 5.75 Å². The zero-order valence-electron chi connectivity index (χ0n) is 12.4. The third-order valence-electron chi connectivity index (χ3n) is 3.89. The molecule has 0 saturated heterocycles. The van der Waals surface area contributed by atoms with E-state index in [1.165, 1.54) is 0 Å². The van der Waals surface area contributed by atoms with Crippen molar-refractivity contribution in [1.29, 1.82) is 0 Å². The van der Waals surface area contributed by atoms with Gasteiger partial charge in [0.25, 0.3) is 0 Å². The van der Waals surface area contributed by atoms with Crippen molar-refractivity contribution in [1.82, 2.24) is 0 Å². The number of fused-ring (bicyclic) bond motifs is 3. The van der Waals surface area contributed by atoms with Crippen molar-refractivity contribution in [2.24, 2.45) is 0 Å². The predicted octanol–water partition coefficient (Wildman–Crippen LogP) is 5.64. The lowest BCUT2D eigenvalue weighted by Gasteiger charge is -2.26. The minimum absolute atomic E-state index is 0.761. The summed E-state index contributed by atoms with van der Waals surface area (Å²) >= 11 is 0. The molecule has 1 heterocycles. The largest absolute Gasteiger partial charge is 0.381 e. The highest BCUT2D eigenvalue weighted by Gasteiger charge is 2.24. The Kier molecular flexibility index (Phi) is 3.43. The van der Waals surface area contributed by atoms with E-state index >= 15 is 0 Å². The van der Waals surface area contributed by atoms with Crippen LogP contribution in [-0.2, 0) is 0 Å². The van der Waals surface area contributed by atoms with Crippen LogP contribution < -0.4 is 10.3 Å². The van der Waals surface area contributed by atoms with Crippen molar-refractivity contribution in [2.45, 2.75) is 0 Å². The average Bonchev–Trinajstić information content (AvgIpc) is 2.58. The molecule has 0 saturated carbocycles. The van der Waals surface area contributed by atoms with E-state index in [1.54, 1.807) is 0 Å². The van der Waals surface area contributed by atoms with Crippen LogP contribution in [0.15, 0.2) is 50.6 Å². The van der Waals surface area contributed by atoms with Crippen LogP contribution in [-0.4, -0.2) is 0 Å². The Balaban J connectivity index is 2.46. The Morgan fingerprint density at radius 3 is 1.91 bits per heavy atom. The lowest BCUT2D eigenvalue weighted by Crippen LogP contribution is -2.14. The summed E-state index contributed by atoms with van der Waals surface area (Å²) in [7, 11) is 0. The zero-order chi connectivity index (χ0) is 15.7. The fraction of sp³-hybridized carbons (Fsp3) is 0. The van der Waals surface area contributed by atoms with E-state index < -0.39 is 0 Å². The van der Waals surface area contributed by atoms with Gasteiger partial charge in [-0.1, -0.05) is 62.8 Å². The lowest BCUT2D eigenvalue weighted by molar-refractivity contribution is 0.402. The summed E-state index contributed by atoms with van der Waals surface area (Å²) in [4.78, 5) is 5.67. The fourth-order valence-corrected chi connectivity index (χ4v) is 2.85. The Bertz CT molecular complexity index is 745. The van der Waals surface area contributed by atoms with E-state index in [0.717, 1.165) is 44.8 Å². The molecule has 0 bridgehead atoms. The van der Waals surface area contributed by atoms with Crippen molar-refractivity contribution in [3.63, 3.8) is 0 Å². The second-order valence-electron chi connectivity index (χ2n) is 4.95. The Morgan fingerprint density at radius 2 is 1.32 bits per heavy atom. The molecule has 108 valence electrons. The maximum absolute atomic E-state index is 5.67. The van der Waals surface area contributed by atoms with Gasteiger partial charge in [0, 0.05) is 11.1 Å². The number of hydrogen-bond acceptors (Lipinski definition) is 2. The molecule has 2 nitrogen and oxygen atoms in total. The van der Waals surface area contributed by atoms with Crippen LogP contribution in [0.1, 0.15) is 22.3 Å². The van der Waals surface area contributed by atoms with E-state index in [4.69, 9.17) is 4.84 Å². The Hall–Kier alpha value is -3.00. The van der Waals surface area contributed by atoms with Crippen LogP contribution >= 0.6 is 0 Å². The summed E-state index contributed by atoms with van der Waals surface area (Å²) in [5.41, 5.74) is 10.0. The second-order valence-corrected chi connectivity index (χ2v) is 4.95. The average molecular weight is 287 g/mol. The predicted molar refractivity (Wildman–Crippen MR) is 96.5 cm³/mol. The number of benzene rings is 2. The molecule has 2 aromatic carbocycles. The van der Waals surface area contributed by atoms with Crippen LogP contribution in [0.25, 0.3) is 35.4 Å². The van der Waals surface area contributed by atoms with Crippen molar-refractivity contribution in [3.8, 4) is 16.9 Å². The molecule has 1 aliphatic rings.